The summed E-state index contributed by atoms with van der Waals surface area (Å²) in [4.78, 5) is 0.942. The van der Waals surface area contributed by atoms with E-state index in [9.17, 15) is 8.42 Å². The number of benzene rings is 1. The van der Waals surface area contributed by atoms with Crippen molar-refractivity contribution in [2.75, 3.05) is 13.2 Å². The lowest BCUT2D eigenvalue weighted by molar-refractivity contribution is -0.00925. The molecule has 3 rings (SSSR count). The predicted octanol–water partition coefficient (Wildman–Crippen LogP) is 2.44. The number of sulfonamides is 1. The lowest BCUT2D eigenvalue weighted by atomic mass is 10.1. The van der Waals surface area contributed by atoms with Gasteiger partial charge in [-0.1, -0.05) is 0 Å². The molecule has 0 radical (unpaired) electrons. The van der Waals surface area contributed by atoms with Crippen LogP contribution in [0.1, 0.15) is 16.9 Å². The molecule has 6 nitrogen and oxygen atoms in total. The van der Waals surface area contributed by atoms with Crippen LogP contribution in [0, 0.1) is 18.3 Å². The fourth-order valence-electron chi connectivity index (χ4n) is 2.56. The molecular formula is C17H18N2O4S2. The van der Waals surface area contributed by atoms with Gasteiger partial charge in [0.1, 0.15) is 16.1 Å². The van der Waals surface area contributed by atoms with Gasteiger partial charge in [0, 0.05) is 11.5 Å². The highest BCUT2D eigenvalue weighted by Crippen LogP contribution is 2.23. The smallest absolute Gasteiger partial charge is 0.250 e. The van der Waals surface area contributed by atoms with Crippen molar-refractivity contribution < 1.29 is 17.9 Å². The van der Waals surface area contributed by atoms with Gasteiger partial charge in [-0.2, -0.15) is 5.26 Å². The third kappa shape index (κ3) is 4.38. The minimum Gasteiger partial charge on any atom is -0.486 e. The molecule has 2 aromatic rings. The molecule has 25 heavy (non-hydrogen) atoms. The molecule has 1 N–H and O–H groups in total. The van der Waals surface area contributed by atoms with E-state index in [4.69, 9.17) is 14.7 Å². The minimum absolute atomic E-state index is 0.300. The van der Waals surface area contributed by atoms with Gasteiger partial charge < -0.3 is 9.47 Å². The van der Waals surface area contributed by atoms with Gasteiger partial charge in [-0.15, -0.1) is 11.3 Å². The first-order valence-electron chi connectivity index (χ1n) is 7.81. The molecule has 0 amide bonds. The maximum absolute atomic E-state index is 12.6. The fourth-order valence-corrected chi connectivity index (χ4v) is 5.16. The van der Waals surface area contributed by atoms with Crippen LogP contribution in [0.5, 0.6) is 5.75 Å². The van der Waals surface area contributed by atoms with E-state index in [2.05, 4.69) is 4.72 Å². The first kappa shape index (κ1) is 17.9. The number of thiophene rings is 1. The van der Waals surface area contributed by atoms with Crippen LogP contribution in [0.25, 0.3) is 0 Å². The Morgan fingerprint density at radius 3 is 2.68 bits per heavy atom. The molecule has 1 aromatic carbocycles. The van der Waals surface area contributed by atoms with Gasteiger partial charge in [-0.25, -0.2) is 13.1 Å². The normalized spacial score (nSPS) is 20.8. The summed E-state index contributed by atoms with van der Waals surface area (Å²) in [6, 6.07) is 11.8. The van der Waals surface area contributed by atoms with E-state index in [-0.39, 0.29) is 6.04 Å². The number of ether oxygens (including phenoxy) is 2. The van der Waals surface area contributed by atoms with Crippen LogP contribution in [0.2, 0.25) is 0 Å². The summed E-state index contributed by atoms with van der Waals surface area (Å²) in [6.45, 7) is 2.65. The molecule has 1 saturated heterocycles. The molecule has 1 aliphatic heterocycles. The van der Waals surface area contributed by atoms with Crippen molar-refractivity contribution in [3.8, 4) is 11.8 Å². The second-order valence-corrected chi connectivity index (χ2v) is 8.98. The molecule has 1 fully saturated rings. The molecule has 0 unspecified atom stereocenters. The summed E-state index contributed by atoms with van der Waals surface area (Å²) in [5.74, 6) is 0.575. The van der Waals surface area contributed by atoms with Crippen molar-refractivity contribution in [2.24, 2.45) is 0 Å². The van der Waals surface area contributed by atoms with Crippen molar-refractivity contribution in [3.63, 3.8) is 0 Å². The summed E-state index contributed by atoms with van der Waals surface area (Å²) < 4.78 is 39.5. The Balaban J connectivity index is 1.73. The number of hydrogen-bond acceptors (Lipinski definition) is 6. The first-order valence-corrected chi connectivity index (χ1v) is 10.1. The molecule has 1 aromatic heterocycles. The number of nitrogens with one attached hydrogen (secondary N) is 1. The SMILES string of the molecule is Cc1ccc(S(=O)(=O)N[C@@H]2CCOC[C@H]2Oc2ccc(C#N)cc2)s1. The van der Waals surface area contributed by atoms with E-state index in [0.717, 1.165) is 4.88 Å². The van der Waals surface area contributed by atoms with Crippen molar-refractivity contribution in [1.29, 1.82) is 5.26 Å². The number of rotatable bonds is 5. The summed E-state index contributed by atoms with van der Waals surface area (Å²) in [7, 11) is -3.59. The maximum Gasteiger partial charge on any atom is 0.250 e. The molecule has 0 saturated carbocycles. The van der Waals surface area contributed by atoms with Crippen LogP contribution in [0.4, 0.5) is 0 Å². The zero-order valence-corrected chi connectivity index (χ0v) is 15.3. The van der Waals surface area contributed by atoms with Crippen molar-refractivity contribution in [1.82, 2.24) is 4.72 Å². The van der Waals surface area contributed by atoms with E-state index in [1.807, 2.05) is 13.0 Å². The average Bonchev–Trinajstić information content (AvgIpc) is 3.05. The molecule has 0 aliphatic carbocycles. The van der Waals surface area contributed by atoms with Crippen molar-refractivity contribution in [2.45, 2.75) is 29.7 Å². The van der Waals surface area contributed by atoms with E-state index < -0.39 is 16.1 Å². The zero-order chi connectivity index (χ0) is 17.9. The highest BCUT2D eigenvalue weighted by atomic mass is 32.2. The largest absolute Gasteiger partial charge is 0.486 e. The average molecular weight is 378 g/mol. The molecule has 1 aliphatic rings. The summed E-state index contributed by atoms with van der Waals surface area (Å²) in [6.07, 6.45) is 0.0994. The Morgan fingerprint density at radius 1 is 1.28 bits per heavy atom. The number of hydrogen-bond donors (Lipinski definition) is 1. The number of nitrogens with zero attached hydrogens (tertiary/aromatic N) is 1. The minimum atomic E-state index is -3.59. The molecule has 2 heterocycles. The van der Waals surface area contributed by atoms with Gasteiger partial charge in [0.25, 0.3) is 0 Å². The summed E-state index contributed by atoms with van der Waals surface area (Å²) in [5.41, 5.74) is 0.539. The third-order valence-electron chi connectivity index (χ3n) is 3.86. The van der Waals surface area contributed by atoms with E-state index >= 15 is 0 Å². The Labute approximate surface area is 151 Å². The number of nitriles is 1. The van der Waals surface area contributed by atoms with Gasteiger partial charge in [0.2, 0.25) is 10.0 Å². The van der Waals surface area contributed by atoms with E-state index in [1.165, 1.54) is 11.3 Å². The van der Waals surface area contributed by atoms with Crippen LogP contribution >= 0.6 is 11.3 Å². The van der Waals surface area contributed by atoms with Gasteiger partial charge in [-0.3, -0.25) is 0 Å². The van der Waals surface area contributed by atoms with Crippen molar-refractivity contribution in [3.05, 3.63) is 46.8 Å². The molecule has 8 heteroatoms. The monoisotopic (exact) mass is 378 g/mol. The van der Waals surface area contributed by atoms with Crippen LogP contribution in [0.3, 0.4) is 0 Å². The topological polar surface area (TPSA) is 88.4 Å². The van der Waals surface area contributed by atoms with Crippen LogP contribution in [-0.2, 0) is 14.8 Å². The quantitative estimate of drug-likeness (QED) is 0.863. The standard InChI is InChI=1S/C17H18N2O4S2/c1-12-2-7-17(24-12)25(20,21)19-15-8-9-22-11-16(15)23-14-5-3-13(10-18)4-6-14/h2-7,15-16,19H,8-9,11H2,1H3/t15-,16-/m1/s1. The molecule has 2 atom stereocenters. The third-order valence-corrected chi connectivity index (χ3v) is 6.84. The number of aryl methyl sites for hydroxylation is 1. The first-order chi connectivity index (χ1) is 12.0. The predicted molar refractivity (Wildman–Crippen MR) is 94.2 cm³/mol. The highest BCUT2D eigenvalue weighted by molar-refractivity contribution is 7.91. The van der Waals surface area contributed by atoms with Crippen LogP contribution < -0.4 is 9.46 Å². The molecule has 0 spiro atoms. The Bertz CT molecular complexity index is 869. The highest BCUT2D eigenvalue weighted by Gasteiger charge is 2.32. The van der Waals surface area contributed by atoms with Crippen LogP contribution in [-0.4, -0.2) is 33.8 Å². The lowest BCUT2D eigenvalue weighted by Crippen LogP contribution is -2.51. The maximum atomic E-state index is 12.6. The van der Waals surface area contributed by atoms with Gasteiger partial charge in [0.15, 0.2) is 0 Å². The van der Waals surface area contributed by atoms with E-state index in [1.54, 1.807) is 36.4 Å². The zero-order valence-electron chi connectivity index (χ0n) is 13.6. The van der Waals surface area contributed by atoms with Gasteiger partial charge >= 0.3 is 0 Å². The fraction of sp³-hybridized carbons (Fsp3) is 0.353. The lowest BCUT2D eigenvalue weighted by Gasteiger charge is -2.32. The van der Waals surface area contributed by atoms with Gasteiger partial charge in [0.05, 0.1) is 24.3 Å². The van der Waals surface area contributed by atoms with E-state index in [0.29, 0.717) is 35.2 Å². The molecule has 0 bridgehead atoms. The summed E-state index contributed by atoms with van der Waals surface area (Å²) in [5, 5.41) is 8.84. The second kappa shape index (κ2) is 7.54. The Kier molecular flexibility index (Phi) is 5.39. The van der Waals surface area contributed by atoms with Crippen LogP contribution in [0.15, 0.2) is 40.6 Å². The Hall–Kier alpha value is -1.92. The molecule has 132 valence electrons. The Morgan fingerprint density at radius 2 is 2.04 bits per heavy atom. The van der Waals surface area contributed by atoms with Gasteiger partial charge in [-0.05, 0) is 49.7 Å². The summed E-state index contributed by atoms with van der Waals surface area (Å²) >= 11 is 1.24. The second-order valence-electron chi connectivity index (χ2n) is 5.75. The molecular weight excluding hydrogens is 360 g/mol. The van der Waals surface area contributed by atoms with Crippen molar-refractivity contribution >= 4 is 21.4 Å².